The fraction of sp³-hybridized carbons (Fsp3) is 0. The summed E-state index contributed by atoms with van der Waals surface area (Å²) < 4.78 is 1.25. The highest BCUT2D eigenvalue weighted by molar-refractivity contribution is 7.25. The number of nitrogens with zero attached hydrogens (tertiary/aromatic N) is 2. The van der Waals surface area contributed by atoms with Gasteiger partial charge in [-0.2, -0.15) is 0 Å². The topological polar surface area (TPSA) is 16.1 Å². The van der Waals surface area contributed by atoms with Crippen molar-refractivity contribution < 1.29 is 0 Å². The van der Waals surface area contributed by atoms with Crippen molar-refractivity contribution in [3.63, 3.8) is 0 Å². The Bertz CT molecular complexity index is 2490. The van der Waals surface area contributed by atoms with Crippen molar-refractivity contribution in [2.24, 2.45) is 0 Å². The maximum Gasteiger partial charge on any atom is 0.126 e. The van der Waals surface area contributed by atoms with Crippen LogP contribution in [0.25, 0.3) is 63.7 Å². The van der Waals surface area contributed by atoms with Gasteiger partial charge < -0.3 is 4.90 Å². The number of fused-ring (bicyclic) bond motifs is 8. The third-order valence-corrected chi connectivity index (χ3v) is 9.78. The maximum atomic E-state index is 4.76. The molecule has 0 saturated heterocycles. The Morgan fingerprint density at radius 1 is 0.455 bits per heavy atom. The first kappa shape index (κ1) is 25.0. The van der Waals surface area contributed by atoms with Gasteiger partial charge in [0.15, 0.2) is 0 Å². The van der Waals surface area contributed by atoms with Gasteiger partial charge in [-0.05, 0) is 85.9 Å². The minimum absolute atomic E-state index is 1.05. The lowest BCUT2D eigenvalue weighted by molar-refractivity contribution is 1.29. The lowest BCUT2D eigenvalue weighted by Gasteiger charge is -2.26. The number of anilines is 3. The standard InChI is InChI=1S/C41H26N2S/c1-2-9-32(10-3-1)43(37-24-25-42-41-40(37)35-12-6-7-13-38(35)44-41)33-22-20-27(21-23-33)31-19-16-29-15-18-30-17-14-28-8-4-5-11-34(28)39(30)36(29)26-31/h1-26H. The zero-order valence-corrected chi connectivity index (χ0v) is 24.6. The molecule has 9 aromatic rings. The summed E-state index contributed by atoms with van der Waals surface area (Å²) in [5.41, 5.74) is 5.77. The molecule has 0 N–H and O–H groups in total. The third-order valence-electron chi connectivity index (χ3n) is 8.70. The average Bonchev–Trinajstić information content (AvgIpc) is 3.48. The highest BCUT2D eigenvalue weighted by Gasteiger charge is 2.19. The number of hydrogen-bond acceptors (Lipinski definition) is 3. The molecule has 206 valence electrons. The van der Waals surface area contributed by atoms with Crippen LogP contribution in [0.5, 0.6) is 0 Å². The van der Waals surface area contributed by atoms with E-state index in [4.69, 9.17) is 4.98 Å². The summed E-state index contributed by atoms with van der Waals surface area (Å²) >= 11 is 1.75. The van der Waals surface area contributed by atoms with Crippen LogP contribution in [0.1, 0.15) is 0 Å². The Labute approximate surface area is 259 Å². The predicted molar refractivity (Wildman–Crippen MR) is 190 cm³/mol. The van der Waals surface area contributed by atoms with Gasteiger partial charge >= 0.3 is 0 Å². The van der Waals surface area contributed by atoms with Gasteiger partial charge in [0.2, 0.25) is 0 Å². The molecule has 0 radical (unpaired) electrons. The molecule has 3 heteroatoms. The Morgan fingerprint density at radius 2 is 1.09 bits per heavy atom. The second-order valence-corrected chi connectivity index (χ2v) is 12.2. The van der Waals surface area contributed by atoms with E-state index in [9.17, 15) is 0 Å². The monoisotopic (exact) mass is 578 g/mol. The molecule has 2 aromatic heterocycles. The number of thiophene rings is 1. The first-order valence-electron chi connectivity index (χ1n) is 14.9. The molecule has 7 aromatic carbocycles. The lowest BCUT2D eigenvalue weighted by Crippen LogP contribution is -2.10. The molecule has 0 spiro atoms. The van der Waals surface area contributed by atoms with Crippen LogP contribution >= 0.6 is 11.3 Å². The summed E-state index contributed by atoms with van der Waals surface area (Å²) in [6, 6.07) is 54.8. The quantitative estimate of drug-likeness (QED) is 0.193. The number of rotatable bonds is 4. The largest absolute Gasteiger partial charge is 0.310 e. The Balaban J connectivity index is 1.20. The fourth-order valence-electron chi connectivity index (χ4n) is 6.63. The van der Waals surface area contributed by atoms with Crippen LogP contribution < -0.4 is 4.90 Å². The maximum absolute atomic E-state index is 4.76. The molecule has 2 heterocycles. The Hall–Kier alpha value is -5.51. The molecule has 0 atom stereocenters. The van der Waals surface area contributed by atoms with Crippen LogP contribution in [-0.4, -0.2) is 4.98 Å². The van der Waals surface area contributed by atoms with Crippen molar-refractivity contribution in [2.45, 2.75) is 0 Å². The predicted octanol–water partition coefficient (Wildman–Crippen LogP) is 12.0. The van der Waals surface area contributed by atoms with Crippen molar-refractivity contribution in [3.05, 3.63) is 158 Å². The van der Waals surface area contributed by atoms with Crippen LogP contribution in [0.2, 0.25) is 0 Å². The van der Waals surface area contributed by atoms with E-state index in [2.05, 4.69) is 157 Å². The SMILES string of the molecule is c1ccc(N(c2ccc(-c3ccc4ccc5ccc6ccccc6c5c4c3)cc2)c2ccnc3sc4ccccc4c23)cc1. The summed E-state index contributed by atoms with van der Waals surface area (Å²) in [5.74, 6) is 0. The number of hydrogen-bond donors (Lipinski definition) is 0. The second-order valence-electron chi connectivity index (χ2n) is 11.2. The van der Waals surface area contributed by atoms with Crippen molar-refractivity contribution in [1.82, 2.24) is 4.98 Å². The van der Waals surface area contributed by atoms with Gasteiger partial charge in [0.25, 0.3) is 0 Å². The molecule has 0 aliphatic heterocycles. The average molecular weight is 579 g/mol. The summed E-state index contributed by atoms with van der Waals surface area (Å²) in [5, 5.41) is 10.1. The molecule has 0 fully saturated rings. The number of benzene rings is 7. The molecule has 44 heavy (non-hydrogen) atoms. The van der Waals surface area contributed by atoms with Crippen molar-refractivity contribution in [1.29, 1.82) is 0 Å². The molecule has 0 amide bonds. The van der Waals surface area contributed by atoms with E-state index in [1.807, 2.05) is 6.20 Å². The molecule has 2 nitrogen and oxygen atoms in total. The fourth-order valence-corrected chi connectivity index (χ4v) is 7.69. The zero-order valence-electron chi connectivity index (χ0n) is 23.8. The zero-order chi connectivity index (χ0) is 29.0. The molecule has 0 bridgehead atoms. The van der Waals surface area contributed by atoms with Crippen LogP contribution in [0, 0.1) is 0 Å². The van der Waals surface area contributed by atoms with Gasteiger partial charge in [0.05, 0.1) is 5.69 Å². The van der Waals surface area contributed by atoms with E-state index in [1.165, 1.54) is 58.9 Å². The smallest absolute Gasteiger partial charge is 0.126 e. The highest BCUT2D eigenvalue weighted by atomic mass is 32.1. The first-order chi connectivity index (χ1) is 21.8. The van der Waals surface area contributed by atoms with Gasteiger partial charge in [-0.3, -0.25) is 0 Å². The van der Waals surface area contributed by atoms with Crippen LogP contribution in [0.15, 0.2) is 158 Å². The van der Waals surface area contributed by atoms with Crippen LogP contribution in [-0.2, 0) is 0 Å². The Morgan fingerprint density at radius 3 is 1.93 bits per heavy atom. The van der Waals surface area contributed by atoms with Crippen molar-refractivity contribution in [3.8, 4) is 11.1 Å². The minimum Gasteiger partial charge on any atom is -0.310 e. The highest BCUT2D eigenvalue weighted by Crippen LogP contribution is 2.44. The molecule has 0 unspecified atom stereocenters. The molecular weight excluding hydrogens is 553 g/mol. The molecule has 0 aliphatic rings. The Kier molecular flexibility index (Phi) is 5.71. The molecule has 9 rings (SSSR count). The normalized spacial score (nSPS) is 11.6. The van der Waals surface area contributed by atoms with E-state index in [-0.39, 0.29) is 0 Å². The van der Waals surface area contributed by atoms with Crippen molar-refractivity contribution >= 4 is 81.0 Å². The van der Waals surface area contributed by atoms with Crippen molar-refractivity contribution in [2.75, 3.05) is 4.90 Å². The number of aromatic nitrogens is 1. The van der Waals surface area contributed by atoms with E-state index in [0.29, 0.717) is 0 Å². The van der Waals surface area contributed by atoms with Gasteiger partial charge in [0, 0.05) is 33.0 Å². The summed E-state index contributed by atoms with van der Waals surface area (Å²) in [4.78, 5) is 8.17. The molecular formula is C41H26N2S. The van der Waals surface area contributed by atoms with Crippen LogP contribution in [0.4, 0.5) is 17.1 Å². The number of pyridine rings is 1. The van der Waals surface area contributed by atoms with Gasteiger partial charge in [-0.1, -0.05) is 109 Å². The van der Waals surface area contributed by atoms with Gasteiger partial charge in [-0.15, -0.1) is 11.3 Å². The van der Waals surface area contributed by atoms with Gasteiger partial charge in [-0.25, -0.2) is 4.98 Å². The summed E-state index contributed by atoms with van der Waals surface area (Å²) in [7, 11) is 0. The van der Waals surface area contributed by atoms with E-state index >= 15 is 0 Å². The lowest BCUT2D eigenvalue weighted by atomic mass is 9.94. The molecule has 0 aliphatic carbocycles. The minimum atomic E-state index is 1.05. The van der Waals surface area contributed by atoms with E-state index in [0.717, 1.165) is 21.9 Å². The van der Waals surface area contributed by atoms with E-state index in [1.54, 1.807) is 11.3 Å². The second kappa shape index (κ2) is 10.0. The summed E-state index contributed by atoms with van der Waals surface area (Å²) in [6.45, 7) is 0. The third kappa shape index (κ3) is 3.98. The van der Waals surface area contributed by atoms with Gasteiger partial charge in [0.1, 0.15) is 4.83 Å². The van der Waals surface area contributed by atoms with E-state index < -0.39 is 0 Å². The molecule has 0 saturated carbocycles. The first-order valence-corrected chi connectivity index (χ1v) is 15.7. The summed E-state index contributed by atoms with van der Waals surface area (Å²) in [6.07, 6.45) is 1.93. The number of para-hydroxylation sites is 1. The van der Waals surface area contributed by atoms with Crippen LogP contribution in [0.3, 0.4) is 0 Å².